The summed E-state index contributed by atoms with van der Waals surface area (Å²) in [6.07, 6.45) is 5.58. The van der Waals surface area contributed by atoms with Crippen LogP contribution in [0, 0.1) is 0 Å². The standard InChI is InChI=1S/C18H26N2O/c1-2-3-10-20-14-16-9-5-4-8-15(16)13-17(20)18(21)19-11-6-7-12-19/h4-5,8-9,17H,2-3,6-7,10-14H2,1H3. The van der Waals surface area contributed by atoms with Gasteiger partial charge in [0.25, 0.3) is 0 Å². The maximum atomic E-state index is 12.9. The summed E-state index contributed by atoms with van der Waals surface area (Å²) in [6.45, 7) is 6.10. The minimum absolute atomic E-state index is 0.0598. The number of hydrogen-bond acceptors (Lipinski definition) is 2. The highest BCUT2D eigenvalue weighted by Gasteiger charge is 2.34. The van der Waals surface area contributed by atoms with Gasteiger partial charge in [-0.15, -0.1) is 0 Å². The Kier molecular flexibility index (Phi) is 4.59. The zero-order valence-electron chi connectivity index (χ0n) is 13.1. The van der Waals surface area contributed by atoms with Gasteiger partial charge in [0, 0.05) is 19.6 Å². The molecule has 2 aliphatic rings. The first-order valence-electron chi connectivity index (χ1n) is 8.39. The minimum Gasteiger partial charge on any atom is -0.341 e. The van der Waals surface area contributed by atoms with Crippen molar-refractivity contribution in [1.29, 1.82) is 0 Å². The Labute approximate surface area is 127 Å². The summed E-state index contributed by atoms with van der Waals surface area (Å²) < 4.78 is 0. The van der Waals surface area contributed by atoms with Crippen LogP contribution in [-0.2, 0) is 17.8 Å². The Morgan fingerprint density at radius 2 is 1.90 bits per heavy atom. The molecule has 0 aliphatic carbocycles. The number of likely N-dealkylation sites (tertiary alicyclic amines) is 1. The highest BCUT2D eigenvalue weighted by Crippen LogP contribution is 2.25. The van der Waals surface area contributed by atoms with Crippen molar-refractivity contribution in [3.8, 4) is 0 Å². The molecule has 0 bridgehead atoms. The van der Waals surface area contributed by atoms with Gasteiger partial charge in [-0.05, 0) is 43.4 Å². The lowest BCUT2D eigenvalue weighted by Crippen LogP contribution is -2.51. The molecule has 1 fully saturated rings. The molecule has 114 valence electrons. The summed E-state index contributed by atoms with van der Waals surface area (Å²) in [4.78, 5) is 17.4. The average molecular weight is 286 g/mol. The van der Waals surface area contributed by atoms with Crippen LogP contribution in [0.3, 0.4) is 0 Å². The average Bonchev–Trinajstić information content (AvgIpc) is 3.05. The molecule has 3 rings (SSSR count). The summed E-state index contributed by atoms with van der Waals surface area (Å²) in [7, 11) is 0. The maximum absolute atomic E-state index is 12.9. The third-order valence-electron chi connectivity index (χ3n) is 4.85. The molecule has 0 aromatic heterocycles. The quantitative estimate of drug-likeness (QED) is 0.850. The smallest absolute Gasteiger partial charge is 0.240 e. The maximum Gasteiger partial charge on any atom is 0.240 e. The second-order valence-corrected chi connectivity index (χ2v) is 6.35. The van der Waals surface area contributed by atoms with E-state index in [9.17, 15) is 4.79 Å². The zero-order chi connectivity index (χ0) is 14.7. The van der Waals surface area contributed by atoms with Crippen molar-refractivity contribution in [2.24, 2.45) is 0 Å². The van der Waals surface area contributed by atoms with E-state index in [1.165, 1.54) is 36.8 Å². The molecule has 1 saturated heterocycles. The zero-order valence-corrected chi connectivity index (χ0v) is 13.1. The van der Waals surface area contributed by atoms with Crippen molar-refractivity contribution in [3.05, 3.63) is 35.4 Å². The normalized spacial score (nSPS) is 22.3. The fourth-order valence-electron chi connectivity index (χ4n) is 3.57. The van der Waals surface area contributed by atoms with E-state index in [0.29, 0.717) is 5.91 Å². The Morgan fingerprint density at radius 1 is 1.19 bits per heavy atom. The van der Waals surface area contributed by atoms with Gasteiger partial charge < -0.3 is 4.90 Å². The summed E-state index contributed by atoms with van der Waals surface area (Å²) in [5.74, 6) is 0.359. The predicted octanol–water partition coefficient (Wildman–Crippen LogP) is 2.84. The van der Waals surface area contributed by atoms with E-state index in [1.54, 1.807) is 0 Å². The fraction of sp³-hybridized carbons (Fsp3) is 0.611. The first-order valence-corrected chi connectivity index (χ1v) is 8.39. The Morgan fingerprint density at radius 3 is 2.62 bits per heavy atom. The van der Waals surface area contributed by atoms with E-state index in [4.69, 9.17) is 0 Å². The molecule has 1 aromatic carbocycles. The van der Waals surface area contributed by atoms with Crippen molar-refractivity contribution >= 4 is 5.91 Å². The van der Waals surface area contributed by atoms with Crippen molar-refractivity contribution in [1.82, 2.24) is 9.80 Å². The van der Waals surface area contributed by atoms with Crippen LogP contribution in [0.4, 0.5) is 0 Å². The van der Waals surface area contributed by atoms with Crippen LogP contribution >= 0.6 is 0 Å². The van der Waals surface area contributed by atoms with Gasteiger partial charge in [0.1, 0.15) is 0 Å². The number of hydrogen-bond donors (Lipinski definition) is 0. The second-order valence-electron chi connectivity index (χ2n) is 6.35. The SMILES string of the molecule is CCCCN1Cc2ccccc2CC1C(=O)N1CCCC1. The van der Waals surface area contributed by atoms with Gasteiger partial charge in [0.2, 0.25) is 5.91 Å². The summed E-state index contributed by atoms with van der Waals surface area (Å²) in [5.41, 5.74) is 2.77. The number of benzene rings is 1. The number of amides is 1. The summed E-state index contributed by atoms with van der Waals surface area (Å²) >= 11 is 0. The number of unbranched alkanes of at least 4 members (excludes halogenated alkanes) is 1. The van der Waals surface area contributed by atoms with Crippen molar-refractivity contribution in [2.45, 2.75) is 51.6 Å². The van der Waals surface area contributed by atoms with E-state index in [0.717, 1.165) is 32.6 Å². The van der Waals surface area contributed by atoms with Crippen molar-refractivity contribution < 1.29 is 4.79 Å². The fourth-order valence-corrected chi connectivity index (χ4v) is 3.57. The molecule has 1 amide bonds. The van der Waals surface area contributed by atoms with Crippen LogP contribution < -0.4 is 0 Å². The van der Waals surface area contributed by atoms with E-state index >= 15 is 0 Å². The highest BCUT2D eigenvalue weighted by atomic mass is 16.2. The van der Waals surface area contributed by atoms with Gasteiger partial charge in [0.15, 0.2) is 0 Å². The second kappa shape index (κ2) is 6.61. The van der Waals surface area contributed by atoms with E-state index in [1.807, 2.05) is 0 Å². The highest BCUT2D eigenvalue weighted by molar-refractivity contribution is 5.82. The van der Waals surface area contributed by atoms with Gasteiger partial charge in [-0.25, -0.2) is 0 Å². The van der Waals surface area contributed by atoms with Crippen LogP contribution in [0.15, 0.2) is 24.3 Å². The Bertz CT molecular complexity index is 494. The molecule has 1 unspecified atom stereocenters. The molecule has 0 N–H and O–H groups in total. The third-order valence-corrected chi connectivity index (χ3v) is 4.85. The molecule has 1 aromatic rings. The first-order chi connectivity index (χ1) is 10.3. The summed E-state index contributed by atoms with van der Waals surface area (Å²) in [5, 5.41) is 0. The molecule has 2 aliphatic heterocycles. The largest absolute Gasteiger partial charge is 0.341 e. The summed E-state index contributed by atoms with van der Waals surface area (Å²) in [6, 6.07) is 8.67. The van der Waals surface area contributed by atoms with Gasteiger partial charge in [0.05, 0.1) is 6.04 Å². The van der Waals surface area contributed by atoms with Crippen LogP contribution in [0.5, 0.6) is 0 Å². The van der Waals surface area contributed by atoms with E-state index < -0.39 is 0 Å². The lowest BCUT2D eigenvalue weighted by atomic mass is 9.93. The predicted molar refractivity (Wildman–Crippen MR) is 85.1 cm³/mol. The molecule has 3 nitrogen and oxygen atoms in total. The molecule has 21 heavy (non-hydrogen) atoms. The van der Waals surface area contributed by atoms with Gasteiger partial charge >= 0.3 is 0 Å². The molecule has 0 saturated carbocycles. The topological polar surface area (TPSA) is 23.6 Å². The lowest BCUT2D eigenvalue weighted by molar-refractivity contribution is -0.136. The first kappa shape index (κ1) is 14.6. The van der Waals surface area contributed by atoms with Crippen LogP contribution in [0.2, 0.25) is 0 Å². The molecular formula is C18H26N2O. The van der Waals surface area contributed by atoms with Crippen LogP contribution in [-0.4, -0.2) is 41.4 Å². The Balaban J connectivity index is 1.79. The van der Waals surface area contributed by atoms with Gasteiger partial charge in [-0.3, -0.25) is 9.69 Å². The van der Waals surface area contributed by atoms with E-state index in [2.05, 4.69) is 41.0 Å². The number of carbonyl (C=O) groups excluding carboxylic acids is 1. The van der Waals surface area contributed by atoms with Crippen molar-refractivity contribution in [2.75, 3.05) is 19.6 Å². The monoisotopic (exact) mass is 286 g/mol. The lowest BCUT2D eigenvalue weighted by Gasteiger charge is -2.37. The van der Waals surface area contributed by atoms with Crippen LogP contribution in [0.1, 0.15) is 43.7 Å². The Hall–Kier alpha value is -1.35. The number of nitrogens with zero attached hydrogens (tertiary/aromatic N) is 2. The number of fused-ring (bicyclic) bond motifs is 1. The van der Waals surface area contributed by atoms with Gasteiger partial charge in [-0.1, -0.05) is 37.6 Å². The molecule has 2 heterocycles. The van der Waals surface area contributed by atoms with Crippen molar-refractivity contribution in [3.63, 3.8) is 0 Å². The number of carbonyl (C=O) groups is 1. The number of rotatable bonds is 4. The molecule has 1 atom stereocenters. The minimum atomic E-state index is 0.0598. The third kappa shape index (κ3) is 3.13. The van der Waals surface area contributed by atoms with E-state index in [-0.39, 0.29) is 6.04 Å². The molecule has 0 radical (unpaired) electrons. The van der Waals surface area contributed by atoms with Gasteiger partial charge in [-0.2, -0.15) is 0 Å². The molecular weight excluding hydrogens is 260 g/mol. The van der Waals surface area contributed by atoms with Crippen LogP contribution in [0.25, 0.3) is 0 Å². The molecule has 3 heteroatoms. The molecule has 0 spiro atoms.